The lowest BCUT2D eigenvalue weighted by Crippen LogP contribution is -2.02. The summed E-state index contributed by atoms with van der Waals surface area (Å²) >= 11 is 0. The molecule has 0 fully saturated rings. The van der Waals surface area contributed by atoms with Crippen molar-refractivity contribution in [2.24, 2.45) is 0 Å². The zero-order valence-electron chi connectivity index (χ0n) is 8.35. The van der Waals surface area contributed by atoms with Gasteiger partial charge in [0.05, 0.1) is 12.2 Å². The minimum Gasteiger partial charge on any atom is -0.348 e. The van der Waals surface area contributed by atoms with Gasteiger partial charge in [0, 0.05) is 18.6 Å². The van der Waals surface area contributed by atoms with E-state index in [9.17, 15) is 0 Å². The Morgan fingerprint density at radius 1 is 1.21 bits per heavy atom. The Balaban J connectivity index is 2.24. The summed E-state index contributed by atoms with van der Waals surface area (Å²) in [6.45, 7) is 3.03. The maximum absolute atomic E-state index is 4.40. The third-order valence-electron chi connectivity index (χ3n) is 2.36. The summed E-state index contributed by atoms with van der Waals surface area (Å²) in [6, 6.07) is 8.22. The van der Waals surface area contributed by atoms with Crippen LogP contribution in [-0.4, -0.2) is 9.55 Å². The van der Waals surface area contributed by atoms with Crippen molar-refractivity contribution in [2.45, 2.75) is 19.9 Å². The molecule has 0 saturated heterocycles. The fraction of sp³-hybridized carbons (Fsp3) is 0.250. The number of aryl methyl sites for hydroxylation is 1. The zero-order chi connectivity index (χ0) is 9.80. The average Bonchev–Trinajstić information content (AvgIpc) is 2.71. The van der Waals surface area contributed by atoms with E-state index in [2.05, 4.69) is 34.9 Å². The molecule has 0 aliphatic carbocycles. The van der Waals surface area contributed by atoms with Gasteiger partial charge in [-0.3, -0.25) is 4.98 Å². The van der Waals surface area contributed by atoms with Crippen LogP contribution in [-0.2, 0) is 13.0 Å². The van der Waals surface area contributed by atoms with E-state index in [4.69, 9.17) is 0 Å². The third kappa shape index (κ3) is 1.84. The molecule has 2 heteroatoms. The van der Waals surface area contributed by atoms with Crippen LogP contribution < -0.4 is 0 Å². The normalized spacial score (nSPS) is 10.4. The number of rotatable bonds is 3. The third-order valence-corrected chi connectivity index (χ3v) is 2.36. The van der Waals surface area contributed by atoms with Crippen LogP contribution in [0.4, 0.5) is 0 Å². The van der Waals surface area contributed by atoms with Gasteiger partial charge in [-0.2, -0.15) is 0 Å². The van der Waals surface area contributed by atoms with Crippen molar-refractivity contribution in [3.05, 3.63) is 54.1 Å². The Morgan fingerprint density at radius 3 is 2.71 bits per heavy atom. The summed E-state index contributed by atoms with van der Waals surface area (Å²) in [5.74, 6) is 0. The maximum Gasteiger partial charge on any atom is 0.0645 e. The second-order valence-electron chi connectivity index (χ2n) is 3.32. The van der Waals surface area contributed by atoms with Gasteiger partial charge in [0.1, 0.15) is 0 Å². The van der Waals surface area contributed by atoms with Crippen LogP contribution in [0.3, 0.4) is 0 Å². The van der Waals surface area contributed by atoms with Gasteiger partial charge in [-0.25, -0.2) is 0 Å². The van der Waals surface area contributed by atoms with Gasteiger partial charge in [-0.05, 0) is 30.2 Å². The van der Waals surface area contributed by atoms with Crippen molar-refractivity contribution in [1.29, 1.82) is 0 Å². The molecule has 2 aromatic heterocycles. The van der Waals surface area contributed by atoms with E-state index in [1.165, 1.54) is 11.3 Å². The van der Waals surface area contributed by atoms with E-state index >= 15 is 0 Å². The van der Waals surface area contributed by atoms with E-state index in [1.807, 2.05) is 24.4 Å². The van der Waals surface area contributed by atoms with E-state index < -0.39 is 0 Å². The fourth-order valence-corrected chi connectivity index (χ4v) is 1.58. The largest absolute Gasteiger partial charge is 0.348 e. The molecule has 2 rings (SSSR count). The summed E-state index contributed by atoms with van der Waals surface area (Å²) in [7, 11) is 0. The molecule has 2 nitrogen and oxygen atoms in total. The van der Waals surface area contributed by atoms with E-state index in [0.717, 1.165) is 13.0 Å². The maximum atomic E-state index is 4.40. The Hall–Kier alpha value is -1.57. The molecule has 0 aliphatic rings. The van der Waals surface area contributed by atoms with Crippen molar-refractivity contribution >= 4 is 0 Å². The summed E-state index contributed by atoms with van der Waals surface area (Å²) in [4.78, 5) is 4.40. The number of hydrogen-bond donors (Lipinski definition) is 0. The molecule has 2 heterocycles. The molecule has 0 atom stereocenters. The van der Waals surface area contributed by atoms with E-state index in [0.29, 0.717) is 0 Å². The van der Waals surface area contributed by atoms with Crippen molar-refractivity contribution in [1.82, 2.24) is 9.55 Å². The molecule has 0 amide bonds. The molecule has 0 unspecified atom stereocenters. The van der Waals surface area contributed by atoms with Crippen molar-refractivity contribution in [2.75, 3.05) is 0 Å². The molecule has 0 N–H and O–H groups in total. The van der Waals surface area contributed by atoms with Crippen LogP contribution in [0.1, 0.15) is 18.2 Å². The first kappa shape index (κ1) is 9.00. The van der Waals surface area contributed by atoms with Gasteiger partial charge in [-0.15, -0.1) is 0 Å². The predicted molar refractivity (Wildman–Crippen MR) is 57.1 cm³/mol. The highest BCUT2D eigenvalue weighted by molar-refractivity contribution is 5.20. The van der Waals surface area contributed by atoms with Crippen LogP contribution in [0, 0.1) is 0 Å². The second kappa shape index (κ2) is 4.09. The van der Waals surface area contributed by atoms with E-state index in [1.54, 1.807) is 0 Å². The summed E-state index contributed by atoms with van der Waals surface area (Å²) in [5.41, 5.74) is 2.51. The summed E-state index contributed by atoms with van der Waals surface area (Å²) < 4.78 is 2.14. The Kier molecular flexibility index (Phi) is 2.63. The Labute approximate surface area is 84.2 Å². The first-order chi connectivity index (χ1) is 6.90. The molecule has 14 heavy (non-hydrogen) atoms. The SMILES string of the molecule is CCc1cccnc1Cn1cccc1. The number of hydrogen-bond acceptors (Lipinski definition) is 1. The van der Waals surface area contributed by atoms with Gasteiger partial charge < -0.3 is 4.57 Å². The molecule has 0 bridgehead atoms. The molecule has 0 aromatic carbocycles. The Morgan fingerprint density at radius 2 is 2.00 bits per heavy atom. The van der Waals surface area contributed by atoms with Crippen molar-refractivity contribution < 1.29 is 0 Å². The topological polar surface area (TPSA) is 17.8 Å². The second-order valence-corrected chi connectivity index (χ2v) is 3.32. The molecule has 0 spiro atoms. The van der Waals surface area contributed by atoms with Crippen LogP contribution >= 0.6 is 0 Å². The molecule has 2 aromatic rings. The van der Waals surface area contributed by atoms with Crippen LogP contribution in [0.15, 0.2) is 42.9 Å². The first-order valence-electron chi connectivity index (χ1n) is 4.93. The van der Waals surface area contributed by atoms with Crippen molar-refractivity contribution in [3.8, 4) is 0 Å². The molecular weight excluding hydrogens is 172 g/mol. The van der Waals surface area contributed by atoms with Crippen LogP contribution in [0.5, 0.6) is 0 Å². The zero-order valence-corrected chi connectivity index (χ0v) is 8.35. The first-order valence-corrected chi connectivity index (χ1v) is 4.93. The summed E-state index contributed by atoms with van der Waals surface area (Å²) in [5, 5.41) is 0. The standard InChI is InChI=1S/C12H14N2/c1-2-11-6-5-7-13-12(11)10-14-8-3-4-9-14/h3-9H,2,10H2,1H3. The quantitative estimate of drug-likeness (QED) is 0.720. The lowest BCUT2D eigenvalue weighted by molar-refractivity contribution is 0.767. The fourth-order valence-electron chi connectivity index (χ4n) is 1.58. The molecule has 72 valence electrons. The minimum absolute atomic E-state index is 0.872. The minimum atomic E-state index is 0.872. The highest BCUT2D eigenvalue weighted by Crippen LogP contribution is 2.08. The Bertz CT molecular complexity index is 390. The number of aromatic nitrogens is 2. The van der Waals surface area contributed by atoms with Gasteiger partial charge in [0.15, 0.2) is 0 Å². The molecule has 0 saturated carbocycles. The van der Waals surface area contributed by atoms with Crippen LogP contribution in [0.25, 0.3) is 0 Å². The van der Waals surface area contributed by atoms with Crippen molar-refractivity contribution in [3.63, 3.8) is 0 Å². The predicted octanol–water partition coefficient (Wildman–Crippen LogP) is 2.49. The lowest BCUT2D eigenvalue weighted by Gasteiger charge is -2.06. The molecular formula is C12H14N2. The number of nitrogens with zero attached hydrogens (tertiary/aromatic N) is 2. The highest BCUT2D eigenvalue weighted by atomic mass is 14.9. The van der Waals surface area contributed by atoms with E-state index in [-0.39, 0.29) is 0 Å². The van der Waals surface area contributed by atoms with Gasteiger partial charge in [0.2, 0.25) is 0 Å². The van der Waals surface area contributed by atoms with Gasteiger partial charge in [0.25, 0.3) is 0 Å². The molecule has 0 aliphatic heterocycles. The van der Waals surface area contributed by atoms with Crippen LogP contribution in [0.2, 0.25) is 0 Å². The monoisotopic (exact) mass is 186 g/mol. The average molecular weight is 186 g/mol. The highest BCUT2D eigenvalue weighted by Gasteiger charge is 2.00. The lowest BCUT2D eigenvalue weighted by atomic mass is 10.1. The molecule has 0 radical (unpaired) electrons. The van der Waals surface area contributed by atoms with Gasteiger partial charge >= 0.3 is 0 Å². The smallest absolute Gasteiger partial charge is 0.0645 e. The van der Waals surface area contributed by atoms with Gasteiger partial charge in [-0.1, -0.05) is 13.0 Å². The number of pyridine rings is 1. The summed E-state index contributed by atoms with van der Waals surface area (Å²) in [6.07, 6.45) is 7.03.